The van der Waals surface area contributed by atoms with E-state index in [0.717, 1.165) is 0 Å². The molecule has 0 aromatic carbocycles. The fourth-order valence-corrected chi connectivity index (χ4v) is 1.20. The van der Waals surface area contributed by atoms with Gasteiger partial charge in [0.1, 0.15) is 12.2 Å². The van der Waals surface area contributed by atoms with Gasteiger partial charge in [-0.1, -0.05) is 6.08 Å². The van der Waals surface area contributed by atoms with Crippen molar-refractivity contribution < 1.29 is 14.6 Å². The van der Waals surface area contributed by atoms with Gasteiger partial charge in [0.2, 0.25) is 0 Å². The highest BCUT2D eigenvalue weighted by atomic mass is 16.8. The standard InChI is InChI=1S/C8H14O3/c1-4-6-7(5-9)11-8(2,3)10-6/h4,6-7,9H,1,5H2,2-3H3/t6-,7-/m0/s1. The van der Waals surface area contributed by atoms with E-state index in [1.807, 2.05) is 13.8 Å². The maximum atomic E-state index is 8.85. The van der Waals surface area contributed by atoms with Crippen molar-refractivity contribution in [1.82, 2.24) is 0 Å². The summed E-state index contributed by atoms with van der Waals surface area (Å²) in [6.45, 7) is 7.20. The van der Waals surface area contributed by atoms with Crippen LogP contribution in [0.25, 0.3) is 0 Å². The van der Waals surface area contributed by atoms with Crippen LogP contribution < -0.4 is 0 Å². The summed E-state index contributed by atoms with van der Waals surface area (Å²) in [5.41, 5.74) is 0. The van der Waals surface area contributed by atoms with Crippen LogP contribution in [0.1, 0.15) is 13.8 Å². The molecule has 1 rings (SSSR count). The van der Waals surface area contributed by atoms with Gasteiger partial charge >= 0.3 is 0 Å². The normalized spacial score (nSPS) is 35.5. The lowest BCUT2D eigenvalue weighted by atomic mass is 10.2. The maximum Gasteiger partial charge on any atom is 0.164 e. The SMILES string of the molecule is C=C[C@@H]1OC(C)(C)O[C@H]1CO. The highest BCUT2D eigenvalue weighted by Gasteiger charge is 2.38. The largest absolute Gasteiger partial charge is 0.394 e. The number of aliphatic hydroxyl groups excluding tert-OH is 1. The Balaban J connectivity index is 2.62. The Bertz CT molecular complexity index is 153. The van der Waals surface area contributed by atoms with Crippen LogP contribution in [0.5, 0.6) is 0 Å². The average molecular weight is 158 g/mol. The number of ether oxygens (including phenoxy) is 2. The van der Waals surface area contributed by atoms with Crippen molar-refractivity contribution in [3.8, 4) is 0 Å². The summed E-state index contributed by atoms with van der Waals surface area (Å²) in [6.07, 6.45) is 1.20. The van der Waals surface area contributed by atoms with Gasteiger partial charge < -0.3 is 14.6 Å². The molecule has 0 radical (unpaired) electrons. The van der Waals surface area contributed by atoms with Gasteiger partial charge in [0, 0.05) is 0 Å². The quantitative estimate of drug-likeness (QED) is 0.601. The third-order valence-electron chi connectivity index (χ3n) is 1.63. The molecule has 1 N–H and O–H groups in total. The zero-order valence-corrected chi connectivity index (χ0v) is 6.91. The van der Waals surface area contributed by atoms with Crippen LogP contribution in [0.2, 0.25) is 0 Å². The molecule has 3 nitrogen and oxygen atoms in total. The summed E-state index contributed by atoms with van der Waals surface area (Å²) >= 11 is 0. The van der Waals surface area contributed by atoms with Gasteiger partial charge in [-0.2, -0.15) is 0 Å². The van der Waals surface area contributed by atoms with E-state index in [0.29, 0.717) is 0 Å². The van der Waals surface area contributed by atoms with E-state index < -0.39 is 5.79 Å². The van der Waals surface area contributed by atoms with Crippen LogP contribution in [-0.2, 0) is 9.47 Å². The molecule has 0 bridgehead atoms. The molecule has 1 fully saturated rings. The van der Waals surface area contributed by atoms with Crippen molar-refractivity contribution >= 4 is 0 Å². The Morgan fingerprint density at radius 3 is 2.55 bits per heavy atom. The molecule has 3 heteroatoms. The molecule has 0 aromatic heterocycles. The van der Waals surface area contributed by atoms with Crippen LogP contribution >= 0.6 is 0 Å². The molecule has 11 heavy (non-hydrogen) atoms. The molecule has 0 spiro atoms. The number of hydrogen-bond acceptors (Lipinski definition) is 3. The highest BCUT2D eigenvalue weighted by molar-refractivity contribution is 4.92. The molecule has 2 atom stereocenters. The zero-order valence-electron chi connectivity index (χ0n) is 6.91. The maximum absolute atomic E-state index is 8.85. The number of rotatable bonds is 2. The topological polar surface area (TPSA) is 38.7 Å². The van der Waals surface area contributed by atoms with Gasteiger partial charge in [-0.15, -0.1) is 6.58 Å². The van der Waals surface area contributed by atoms with Crippen LogP contribution in [0, 0.1) is 0 Å². The van der Waals surface area contributed by atoms with Crippen LogP contribution in [0.4, 0.5) is 0 Å². The van der Waals surface area contributed by atoms with Gasteiger partial charge in [-0.25, -0.2) is 0 Å². The van der Waals surface area contributed by atoms with E-state index in [1.54, 1.807) is 6.08 Å². The zero-order chi connectivity index (χ0) is 8.48. The molecule has 0 aliphatic carbocycles. The third-order valence-corrected chi connectivity index (χ3v) is 1.63. The van der Waals surface area contributed by atoms with Crippen molar-refractivity contribution in [3.05, 3.63) is 12.7 Å². The molecule has 0 saturated carbocycles. The Morgan fingerprint density at radius 1 is 1.55 bits per heavy atom. The minimum absolute atomic E-state index is 0.0277. The lowest BCUT2D eigenvalue weighted by Crippen LogP contribution is -2.24. The lowest BCUT2D eigenvalue weighted by molar-refractivity contribution is -0.146. The Hall–Kier alpha value is -0.380. The summed E-state index contributed by atoms with van der Waals surface area (Å²) in [5.74, 6) is -0.591. The van der Waals surface area contributed by atoms with Gasteiger partial charge in [0.25, 0.3) is 0 Å². The molecule has 1 aliphatic heterocycles. The summed E-state index contributed by atoms with van der Waals surface area (Å²) in [6, 6.07) is 0. The lowest BCUT2D eigenvalue weighted by Gasteiger charge is -2.15. The predicted octanol–water partition coefficient (Wildman–Crippen LogP) is 0.685. The smallest absolute Gasteiger partial charge is 0.164 e. The Morgan fingerprint density at radius 2 is 2.18 bits per heavy atom. The minimum Gasteiger partial charge on any atom is -0.394 e. The van der Waals surface area contributed by atoms with E-state index in [-0.39, 0.29) is 18.8 Å². The van der Waals surface area contributed by atoms with Crippen molar-refractivity contribution in [2.24, 2.45) is 0 Å². The molecule has 0 aromatic rings. The predicted molar refractivity (Wildman–Crippen MR) is 41.1 cm³/mol. The first-order valence-electron chi connectivity index (χ1n) is 3.68. The molecule has 1 heterocycles. The third kappa shape index (κ3) is 1.80. The summed E-state index contributed by atoms with van der Waals surface area (Å²) in [5, 5.41) is 8.85. The second-order valence-electron chi connectivity index (χ2n) is 3.06. The van der Waals surface area contributed by atoms with E-state index in [9.17, 15) is 0 Å². The van der Waals surface area contributed by atoms with Gasteiger partial charge in [-0.3, -0.25) is 0 Å². The molecular weight excluding hydrogens is 144 g/mol. The molecule has 0 unspecified atom stereocenters. The summed E-state index contributed by atoms with van der Waals surface area (Å²) < 4.78 is 10.8. The monoisotopic (exact) mass is 158 g/mol. The van der Waals surface area contributed by atoms with E-state index in [2.05, 4.69) is 6.58 Å². The van der Waals surface area contributed by atoms with Crippen LogP contribution in [0.3, 0.4) is 0 Å². The summed E-state index contributed by atoms with van der Waals surface area (Å²) in [4.78, 5) is 0. The second-order valence-corrected chi connectivity index (χ2v) is 3.06. The average Bonchev–Trinajstić information content (AvgIpc) is 2.25. The van der Waals surface area contributed by atoms with Crippen molar-refractivity contribution in [1.29, 1.82) is 0 Å². The number of hydrogen-bond donors (Lipinski definition) is 1. The minimum atomic E-state index is -0.591. The molecule has 1 saturated heterocycles. The first-order chi connectivity index (χ1) is 5.09. The molecule has 64 valence electrons. The Kier molecular flexibility index (Phi) is 2.32. The van der Waals surface area contributed by atoms with Crippen molar-refractivity contribution in [2.75, 3.05) is 6.61 Å². The van der Waals surface area contributed by atoms with Gasteiger partial charge in [0.15, 0.2) is 5.79 Å². The van der Waals surface area contributed by atoms with Crippen LogP contribution in [-0.4, -0.2) is 29.7 Å². The molecule has 1 aliphatic rings. The van der Waals surface area contributed by atoms with E-state index in [1.165, 1.54) is 0 Å². The first-order valence-corrected chi connectivity index (χ1v) is 3.68. The van der Waals surface area contributed by atoms with Crippen molar-refractivity contribution in [2.45, 2.75) is 31.8 Å². The summed E-state index contributed by atoms with van der Waals surface area (Å²) in [7, 11) is 0. The fraction of sp³-hybridized carbons (Fsp3) is 0.750. The van der Waals surface area contributed by atoms with Crippen molar-refractivity contribution in [3.63, 3.8) is 0 Å². The molecule has 0 amide bonds. The fourth-order valence-electron chi connectivity index (χ4n) is 1.20. The molecular formula is C8H14O3. The number of aliphatic hydroxyl groups is 1. The van der Waals surface area contributed by atoms with E-state index >= 15 is 0 Å². The first kappa shape index (κ1) is 8.71. The van der Waals surface area contributed by atoms with E-state index in [4.69, 9.17) is 14.6 Å². The second kappa shape index (κ2) is 2.93. The highest BCUT2D eigenvalue weighted by Crippen LogP contribution is 2.27. The van der Waals surface area contributed by atoms with Gasteiger partial charge in [-0.05, 0) is 13.8 Å². The van der Waals surface area contributed by atoms with Crippen LogP contribution in [0.15, 0.2) is 12.7 Å². The Labute approximate surface area is 66.6 Å². The van der Waals surface area contributed by atoms with Gasteiger partial charge in [0.05, 0.1) is 6.61 Å².